The van der Waals surface area contributed by atoms with Crippen LogP contribution in [-0.2, 0) is 20.7 Å². The molecular formula is C15H20FNO4. The van der Waals surface area contributed by atoms with E-state index in [2.05, 4.69) is 4.74 Å². The van der Waals surface area contributed by atoms with Crippen LogP contribution < -0.4 is 4.74 Å². The van der Waals surface area contributed by atoms with Gasteiger partial charge in [-0.05, 0) is 31.5 Å². The zero-order valence-corrected chi connectivity index (χ0v) is 12.7. The summed E-state index contributed by atoms with van der Waals surface area (Å²) in [5.41, 5.74) is 0.522. The maximum atomic E-state index is 13.6. The van der Waals surface area contributed by atoms with Crippen LogP contribution in [0.4, 0.5) is 4.39 Å². The second kappa shape index (κ2) is 7.61. The molecule has 0 spiro atoms. The van der Waals surface area contributed by atoms with Crippen LogP contribution in [0.2, 0.25) is 0 Å². The summed E-state index contributed by atoms with van der Waals surface area (Å²) in [7, 11) is 2.64. The first-order valence-corrected chi connectivity index (χ1v) is 6.57. The number of esters is 1. The topological polar surface area (TPSA) is 55.8 Å². The summed E-state index contributed by atoms with van der Waals surface area (Å²) in [6.45, 7) is 3.48. The van der Waals surface area contributed by atoms with Gasteiger partial charge in [-0.1, -0.05) is 6.07 Å². The standard InChI is InChI=1S/C15H20FNO4/c1-10(2)17(9-15(19)21-4)14(18)8-11-5-6-13(20-3)12(16)7-11/h5-7,10H,8-9H2,1-4H3. The second-order valence-electron chi connectivity index (χ2n) is 4.84. The van der Waals surface area contributed by atoms with Gasteiger partial charge in [-0.3, -0.25) is 9.59 Å². The van der Waals surface area contributed by atoms with Gasteiger partial charge in [0.2, 0.25) is 5.91 Å². The van der Waals surface area contributed by atoms with Gasteiger partial charge in [0, 0.05) is 6.04 Å². The zero-order chi connectivity index (χ0) is 16.0. The molecule has 0 fully saturated rings. The molecule has 1 rings (SSSR count). The van der Waals surface area contributed by atoms with Crippen LogP contribution in [0.1, 0.15) is 19.4 Å². The minimum absolute atomic E-state index is 0.0100. The minimum Gasteiger partial charge on any atom is -0.494 e. The van der Waals surface area contributed by atoms with Gasteiger partial charge >= 0.3 is 5.97 Å². The summed E-state index contributed by atoms with van der Waals surface area (Å²) >= 11 is 0. The molecule has 0 aliphatic carbocycles. The van der Waals surface area contributed by atoms with Crippen LogP contribution in [0.25, 0.3) is 0 Å². The van der Waals surface area contributed by atoms with Crippen molar-refractivity contribution in [1.29, 1.82) is 0 Å². The quantitative estimate of drug-likeness (QED) is 0.751. The summed E-state index contributed by atoms with van der Waals surface area (Å²) < 4.78 is 23.0. The molecule has 0 aromatic heterocycles. The molecule has 5 nitrogen and oxygen atoms in total. The van der Waals surface area contributed by atoms with Gasteiger partial charge in [-0.25, -0.2) is 4.39 Å². The Morgan fingerprint density at radius 2 is 1.95 bits per heavy atom. The summed E-state index contributed by atoms with van der Waals surface area (Å²) in [5, 5.41) is 0. The third kappa shape index (κ3) is 4.73. The number of benzene rings is 1. The molecule has 21 heavy (non-hydrogen) atoms. The molecule has 0 saturated carbocycles. The summed E-state index contributed by atoms with van der Waals surface area (Å²) in [6, 6.07) is 4.20. The number of carbonyl (C=O) groups is 2. The van der Waals surface area contributed by atoms with Crippen LogP contribution >= 0.6 is 0 Å². The first kappa shape index (κ1) is 16.9. The summed E-state index contributed by atoms with van der Waals surface area (Å²) in [5.74, 6) is -1.15. The maximum absolute atomic E-state index is 13.6. The molecule has 1 aromatic rings. The molecule has 0 unspecified atom stereocenters. The number of methoxy groups -OCH3 is 2. The summed E-state index contributed by atoms with van der Waals surface area (Å²) in [4.78, 5) is 25.0. The van der Waals surface area contributed by atoms with E-state index in [1.54, 1.807) is 19.9 Å². The smallest absolute Gasteiger partial charge is 0.325 e. The molecule has 0 radical (unpaired) electrons. The number of halogens is 1. The van der Waals surface area contributed by atoms with E-state index in [0.29, 0.717) is 5.56 Å². The van der Waals surface area contributed by atoms with E-state index in [0.717, 1.165) is 0 Å². The fourth-order valence-corrected chi connectivity index (χ4v) is 1.86. The van der Waals surface area contributed by atoms with Gasteiger partial charge < -0.3 is 14.4 Å². The van der Waals surface area contributed by atoms with Crippen molar-refractivity contribution in [2.75, 3.05) is 20.8 Å². The highest BCUT2D eigenvalue weighted by atomic mass is 19.1. The SMILES string of the molecule is COC(=O)CN(C(=O)Cc1ccc(OC)c(F)c1)C(C)C. The maximum Gasteiger partial charge on any atom is 0.325 e. The van der Waals surface area contributed by atoms with Crippen LogP contribution in [0.3, 0.4) is 0 Å². The van der Waals surface area contributed by atoms with E-state index < -0.39 is 11.8 Å². The molecule has 0 aliphatic rings. The van der Waals surface area contributed by atoms with Gasteiger partial charge in [0.25, 0.3) is 0 Å². The van der Waals surface area contributed by atoms with Gasteiger partial charge in [-0.15, -0.1) is 0 Å². The monoisotopic (exact) mass is 297 g/mol. The number of rotatable bonds is 6. The number of amides is 1. The van der Waals surface area contributed by atoms with Crippen molar-refractivity contribution >= 4 is 11.9 Å². The van der Waals surface area contributed by atoms with Crippen LogP contribution in [0, 0.1) is 5.82 Å². The van der Waals surface area contributed by atoms with Crippen LogP contribution in [0.5, 0.6) is 5.75 Å². The number of hydrogen-bond acceptors (Lipinski definition) is 4. The number of ether oxygens (including phenoxy) is 2. The molecule has 0 aliphatic heterocycles. The van der Waals surface area contributed by atoms with Crippen molar-refractivity contribution in [2.45, 2.75) is 26.3 Å². The van der Waals surface area contributed by atoms with E-state index in [9.17, 15) is 14.0 Å². The largest absolute Gasteiger partial charge is 0.494 e. The average molecular weight is 297 g/mol. The van der Waals surface area contributed by atoms with Crippen molar-refractivity contribution in [3.05, 3.63) is 29.6 Å². The molecular weight excluding hydrogens is 277 g/mol. The van der Waals surface area contributed by atoms with Gasteiger partial charge in [0.15, 0.2) is 11.6 Å². The highest BCUT2D eigenvalue weighted by molar-refractivity contribution is 5.83. The predicted molar refractivity (Wildman–Crippen MR) is 75.5 cm³/mol. The Kier molecular flexibility index (Phi) is 6.14. The Morgan fingerprint density at radius 3 is 2.43 bits per heavy atom. The first-order valence-electron chi connectivity index (χ1n) is 6.57. The molecule has 0 atom stereocenters. The van der Waals surface area contributed by atoms with Gasteiger partial charge in [0.05, 0.1) is 20.6 Å². The number of nitrogens with zero attached hydrogens (tertiary/aromatic N) is 1. The Balaban J connectivity index is 2.81. The number of hydrogen-bond donors (Lipinski definition) is 0. The molecule has 0 N–H and O–H groups in total. The van der Waals surface area contributed by atoms with Crippen molar-refractivity contribution in [1.82, 2.24) is 4.90 Å². The van der Waals surface area contributed by atoms with Crippen molar-refractivity contribution in [3.63, 3.8) is 0 Å². The third-order valence-electron chi connectivity index (χ3n) is 3.04. The van der Waals surface area contributed by atoms with Crippen molar-refractivity contribution < 1.29 is 23.5 Å². The molecule has 0 bridgehead atoms. The highest BCUT2D eigenvalue weighted by Crippen LogP contribution is 2.18. The first-order chi connectivity index (χ1) is 9.88. The minimum atomic E-state index is -0.521. The third-order valence-corrected chi connectivity index (χ3v) is 3.04. The molecule has 0 saturated heterocycles. The van der Waals surface area contributed by atoms with Crippen molar-refractivity contribution in [2.24, 2.45) is 0 Å². The van der Waals surface area contributed by atoms with E-state index in [4.69, 9.17) is 4.74 Å². The average Bonchev–Trinajstić information content (AvgIpc) is 2.44. The van der Waals surface area contributed by atoms with E-state index in [1.807, 2.05) is 0 Å². The fourth-order valence-electron chi connectivity index (χ4n) is 1.86. The molecule has 1 amide bonds. The predicted octanol–water partition coefficient (Wildman–Crippen LogP) is 1.79. The van der Waals surface area contributed by atoms with Crippen LogP contribution in [0.15, 0.2) is 18.2 Å². The Labute approximate surface area is 123 Å². The second-order valence-corrected chi connectivity index (χ2v) is 4.84. The molecule has 116 valence electrons. The fraction of sp³-hybridized carbons (Fsp3) is 0.467. The summed E-state index contributed by atoms with van der Waals surface area (Å²) in [6.07, 6.45) is 0.0100. The van der Waals surface area contributed by atoms with E-state index in [-0.39, 0.29) is 30.7 Å². The molecule has 6 heteroatoms. The Hall–Kier alpha value is -2.11. The lowest BCUT2D eigenvalue weighted by Crippen LogP contribution is -2.41. The molecule has 0 heterocycles. The van der Waals surface area contributed by atoms with Gasteiger partial charge in [-0.2, -0.15) is 0 Å². The lowest BCUT2D eigenvalue weighted by Gasteiger charge is -2.25. The number of carbonyl (C=O) groups excluding carboxylic acids is 2. The molecule has 1 aromatic carbocycles. The van der Waals surface area contributed by atoms with E-state index in [1.165, 1.54) is 31.3 Å². The lowest BCUT2D eigenvalue weighted by atomic mass is 10.1. The Morgan fingerprint density at radius 1 is 1.29 bits per heavy atom. The van der Waals surface area contributed by atoms with Crippen LogP contribution in [-0.4, -0.2) is 43.6 Å². The van der Waals surface area contributed by atoms with E-state index >= 15 is 0 Å². The van der Waals surface area contributed by atoms with Crippen molar-refractivity contribution in [3.8, 4) is 5.75 Å². The Bertz CT molecular complexity index is 516. The lowest BCUT2D eigenvalue weighted by molar-refractivity contribution is -0.148. The van der Waals surface area contributed by atoms with Gasteiger partial charge in [0.1, 0.15) is 6.54 Å². The highest BCUT2D eigenvalue weighted by Gasteiger charge is 2.21. The normalized spacial score (nSPS) is 10.4. The zero-order valence-electron chi connectivity index (χ0n) is 12.7.